The van der Waals surface area contributed by atoms with Gasteiger partial charge in [0.15, 0.2) is 0 Å². The molecule has 0 radical (unpaired) electrons. The van der Waals surface area contributed by atoms with Crippen LogP contribution in [0, 0.1) is 0 Å². The van der Waals surface area contributed by atoms with E-state index in [2.05, 4.69) is 21.8 Å². The molecule has 116 valence electrons. The number of H-pyrrole nitrogens is 1. The summed E-state index contributed by atoms with van der Waals surface area (Å²) in [5.74, 6) is -0.214. The topological polar surface area (TPSA) is 74.2 Å². The summed E-state index contributed by atoms with van der Waals surface area (Å²) in [6.07, 6.45) is 5.23. The van der Waals surface area contributed by atoms with E-state index in [1.807, 2.05) is 43.7 Å². The quantitative estimate of drug-likeness (QED) is 0.686. The largest absolute Gasteiger partial charge is 0.367 e. The van der Waals surface area contributed by atoms with Crippen molar-refractivity contribution in [1.82, 2.24) is 9.88 Å². The SMILES string of the molecule is C=CC(=O)Nc1cccc(-c2c[nH]cc2CN(C)CCN)c1. The second-order valence-corrected chi connectivity index (χ2v) is 5.19. The summed E-state index contributed by atoms with van der Waals surface area (Å²) in [5, 5.41) is 2.78. The fraction of sp³-hybridized carbons (Fsp3) is 0.235. The van der Waals surface area contributed by atoms with E-state index in [0.29, 0.717) is 6.54 Å². The number of hydrogen-bond acceptors (Lipinski definition) is 3. The first-order chi connectivity index (χ1) is 10.6. The zero-order valence-corrected chi connectivity index (χ0v) is 12.8. The molecule has 5 nitrogen and oxygen atoms in total. The summed E-state index contributed by atoms with van der Waals surface area (Å²) in [4.78, 5) is 16.7. The number of carbonyl (C=O) groups is 1. The molecule has 0 saturated carbocycles. The minimum Gasteiger partial charge on any atom is -0.367 e. The van der Waals surface area contributed by atoms with Crippen LogP contribution in [0.5, 0.6) is 0 Å². The van der Waals surface area contributed by atoms with Crippen molar-refractivity contribution >= 4 is 11.6 Å². The zero-order chi connectivity index (χ0) is 15.9. The van der Waals surface area contributed by atoms with Gasteiger partial charge in [0.2, 0.25) is 5.91 Å². The maximum absolute atomic E-state index is 11.4. The van der Waals surface area contributed by atoms with Crippen LogP contribution in [0.1, 0.15) is 5.56 Å². The van der Waals surface area contributed by atoms with Gasteiger partial charge in [-0.1, -0.05) is 18.7 Å². The Labute approximate surface area is 130 Å². The highest BCUT2D eigenvalue weighted by molar-refractivity contribution is 5.99. The van der Waals surface area contributed by atoms with E-state index in [1.165, 1.54) is 11.6 Å². The van der Waals surface area contributed by atoms with Gasteiger partial charge in [0.25, 0.3) is 0 Å². The molecule has 0 bridgehead atoms. The predicted molar refractivity (Wildman–Crippen MR) is 90.4 cm³/mol. The van der Waals surface area contributed by atoms with Gasteiger partial charge in [-0.3, -0.25) is 4.79 Å². The fourth-order valence-corrected chi connectivity index (χ4v) is 2.34. The molecule has 0 fully saturated rings. The van der Waals surface area contributed by atoms with Gasteiger partial charge < -0.3 is 20.9 Å². The number of amides is 1. The lowest BCUT2D eigenvalue weighted by Crippen LogP contribution is -2.24. The molecule has 0 spiro atoms. The molecule has 1 amide bonds. The number of rotatable bonds is 7. The smallest absolute Gasteiger partial charge is 0.247 e. The first kappa shape index (κ1) is 16.0. The Morgan fingerprint density at radius 1 is 1.45 bits per heavy atom. The summed E-state index contributed by atoms with van der Waals surface area (Å²) in [6.45, 7) is 5.76. The normalized spacial score (nSPS) is 10.7. The van der Waals surface area contributed by atoms with E-state index < -0.39 is 0 Å². The van der Waals surface area contributed by atoms with E-state index in [4.69, 9.17) is 5.73 Å². The van der Waals surface area contributed by atoms with Crippen molar-refractivity contribution in [2.24, 2.45) is 5.73 Å². The number of likely N-dealkylation sites (N-methyl/N-ethyl adjacent to an activating group) is 1. The van der Waals surface area contributed by atoms with Crippen LogP contribution in [0.2, 0.25) is 0 Å². The van der Waals surface area contributed by atoms with Crippen molar-refractivity contribution in [3.63, 3.8) is 0 Å². The number of anilines is 1. The number of aromatic nitrogens is 1. The van der Waals surface area contributed by atoms with E-state index in [1.54, 1.807) is 0 Å². The number of carbonyl (C=O) groups excluding carboxylic acids is 1. The molecule has 5 heteroatoms. The molecule has 1 aromatic heterocycles. The molecule has 0 aliphatic heterocycles. The molecule has 22 heavy (non-hydrogen) atoms. The molecule has 0 aliphatic rings. The Kier molecular flexibility index (Phi) is 5.52. The van der Waals surface area contributed by atoms with Gasteiger partial charge in [-0.2, -0.15) is 0 Å². The van der Waals surface area contributed by atoms with Crippen LogP contribution >= 0.6 is 0 Å². The summed E-state index contributed by atoms with van der Waals surface area (Å²) in [5.41, 5.74) is 9.72. The lowest BCUT2D eigenvalue weighted by molar-refractivity contribution is -0.111. The van der Waals surface area contributed by atoms with Crippen LogP contribution in [0.25, 0.3) is 11.1 Å². The molecule has 4 N–H and O–H groups in total. The number of nitrogens with zero attached hydrogens (tertiary/aromatic N) is 1. The summed E-state index contributed by atoms with van der Waals surface area (Å²) < 4.78 is 0. The fourth-order valence-electron chi connectivity index (χ4n) is 2.34. The molecule has 2 rings (SSSR count). The van der Waals surface area contributed by atoms with Crippen molar-refractivity contribution in [2.45, 2.75) is 6.54 Å². The van der Waals surface area contributed by atoms with Gasteiger partial charge in [-0.15, -0.1) is 0 Å². The Morgan fingerprint density at radius 2 is 2.27 bits per heavy atom. The number of hydrogen-bond donors (Lipinski definition) is 3. The lowest BCUT2D eigenvalue weighted by atomic mass is 10.0. The maximum Gasteiger partial charge on any atom is 0.247 e. The third-order valence-electron chi connectivity index (χ3n) is 3.41. The highest BCUT2D eigenvalue weighted by atomic mass is 16.1. The van der Waals surface area contributed by atoms with Crippen molar-refractivity contribution in [3.05, 3.63) is 54.9 Å². The Hall–Kier alpha value is -2.37. The minimum absolute atomic E-state index is 0.214. The Bertz CT molecular complexity index is 648. The van der Waals surface area contributed by atoms with Crippen molar-refractivity contribution in [2.75, 3.05) is 25.5 Å². The maximum atomic E-state index is 11.4. The summed E-state index contributed by atoms with van der Waals surface area (Å²) in [6, 6.07) is 7.77. The van der Waals surface area contributed by atoms with E-state index in [0.717, 1.165) is 29.9 Å². The highest BCUT2D eigenvalue weighted by Crippen LogP contribution is 2.26. The lowest BCUT2D eigenvalue weighted by Gasteiger charge is -2.16. The average Bonchev–Trinajstić information content (AvgIpc) is 2.95. The molecular weight excluding hydrogens is 276 g/mol. The van der Waals surface area contributed by atoms with Crippen LogP contribution in [0.15, 0.2) is 49.3 Å². The van der Waals surface area contributed by atoms with Crippen LogP contribution in [-0.2, 0) is 11.3 Å². The molecule has 0 saturated heterocycles. The molecule has 0 atom stereocenters. The molecule has 1 heterocycles. The highest BCUT2D eigenvalue weighted by Gasteiger charge is 2.09. The second-order valence-electron chi connectivity index (χ2n) is 5.19. The molecule has 0 unspecified atom stereocenters. The third-order valence-corrected chi connectivity index (χ3v) is 3.41. The first-order valence-corrected chi connectivity index (χ1v) is 7.22. The number of benzene rings is 1. The molecular formula is C17H22N4O. The summed E-state index contributed by atoms with van der Waals surface area (Å²) >= 11 is 0. The summed E-state index contributed by atoms with van der Waals surface area (Å²) in [7, 11) is 2.05. The second kappa shape index (κ2) is 7.59. The van der Waals surface area contributed by atoms with E-state index >= 15 is 0 Å². The standard InChI is InChI=1S/C17H22N4O/c1-3-17(22)20-15-6-4-5-13(9-15)16-11-19-10-14(16)12-21(2)8-7-18/h3-6,9-11,19H,1,7-8,12,18H2,2H3,(H,20,22). The van der Waals surface area contributed by atoms with Gasteiger partial charge in [-0.25, -0.2) is 0 Å². The number of nitrogens with one attached hydrogen (secondary N) is 2. The zero-order valence-electron chi connectivity index (χ0n) is 12.8. The van der Waals surface area contributed by atoms with Gasteiger partial charge in [0.1, 0.15) is 0 Å². The molecule has 2 aromatic rings. The molecule has 1 aromatic carbocycles. The van der Waals surface area contributed by atoms with Crippen LogP contribution in [-0.4, -0.2) is 35.9 Å². The van der Waals surface area contributed by atoms with Gasteiger partial charge >= 0.3 is 0 Å². The Balaban J connectivity index is 2.21. The van der Waals surface area contributed by atoms with Gasteiger partial charge in [-0.05, 0) is 36.4 Å². The van der Waals surface area contributed by atoms with Crippen molar-refractivity contribution < 1.29 is 4.79 Å². The van der Waals surface area contributed by atoms with Crippen LogP contribution < -0.4 is 11.1 Å². The third kappa shape index (κ3) is 4.07. The minimum atomic E-state index is -0.214. The average molecular weight is 298 g/mol. The van der Waals surface area contributed by atoms with Crippen molar-refractivity contribution in [3.8, 4) is 11.1 Å². The van der Waals surface area contributed by atoms with E-state index in [-0.39, 0.29) is 5.91 Å². The van der Waals surface area contributed by atoms with Gasteiger partial charge in [0, 0.05) is 43.3 Å². The van der Waals surface area contributed by atoms with Crippen molar-refractivity contribution in [1.29, 1.82) is 0 Å². The Morgan fingerprint density at radius 3 is 3.00 bits per heavy atom. The monoisotopic (exact) mass is 298 g/mol. The first-order valence-electron chi connectivity index (χ1n) is 7.22. The number of aromatic amines is 1. The van der Waals surface area contributed by atoms with Crippen LogP contribution in [0.4, 0.5) is 5.69 Å². The molecule has 0 aliphatic carbocycles. The van der Waals surface area contributed by atoms with Crippen LogP contribution in [0.3, 0.4) is 0 Å². The van der Waals surface area contributed by atoms with E-state index in [9.17, 15) is 4.79 Å². The predicted octanol–water partition coefficient (Wildman–Crippen LogP) is 2.20. The number of nitrogens with two attached hydrogens (primary N) is 1. The van der Waals surface area contributed by atoms with Gasteiger partial charge in [0.05, 0.1) is 0 Å².